The lowest BCUT2D eigenvalue weighted by Crippen LogP contribution is -2.27. The van der Waals surface area contributed by atoms with E-state index in [1.807, 2.05) is 13.8 Å². The molecule has 0 aliphatic heterocycles. The van der Waals surface area contributed by atoms with Crippen molar-refractivity contribution in [1.29, 1.82) is 0 Å². The Morgan fingerprint density at radius 3 is 2.25 bits per heavy atom. The third-order valence-electron chi connectivity index (χ3n) is 4.36. The third-order valence-corrected chi connectivity index (χ3v) is 4.36. The van der Waals surface area contributed by atoms with E-state index in [1.165, 1.54) is 55.5 Å². The molecule has 0 aliphatic carbocycles. The van der Waals surface area contributed by atoms with Crippen LogP contribution in [-0.4, -0.2) is 18.2 Å². The van der Waals surface area contributed by atoms with Crippen LogP contribution in [0.2, 0.25) is 0 Å². The molecule has 1 amide bonds. The van der Waals surface area contributed by atoms with Crippen molar-refractivity contribution in [2.45, 2.75) is 40.2 Å². The maximum Gasteiger partial charge on any atom is 0.387 e. The van der Waals surface area contributed by atoms with Crippen molar-refractivity contribution in [3.05, 3.63) is 65.4 Å². The first-order valence-electron chi connectivity index (χ1n) is 9.78. The molecule has 0 fully saturated rings. The molecule has 0 unspecified atom stereocenters. The predicted octanol–water partition coefficient (Wildman–Crippen LogP) is 6.00. The van der Waals surface area contributed by atoms with Gasteiger partial charge >= 0.3 is 6.61 Å². The van der Waals surface area contributed by atoms with E-state index in [0.717, 1.165) is 6.92 Å². The number of carbonyl (C=O) groups excluding carboxylic acids is 1. The Bertz CT molecular complexity index is 1010. The number of aliphatic imine (C=N–C) groups is 1. The molecule has 0 radical (unpaired) electrons. The molecule has 32 heavy (non-hydrogen) atoms. The number of halogens is 4. The average molecular weight is 451 g/mol. The van der Waals surface area contributed by atoms with Gasteiger partial charge < -0.3 is 15.8 Å². The van der Waals surface area contributed by atoms with Crippen LogP contribution in [0.1, 0.15) is 33.3 Å². The molecule has 5 nitrogen and oxygen atoms in total. The largest absolute Gasteiger partial charge is 0.435 e. The molecule has 0 saturated heterocycles. The minimum atomic E-state index is -3.06. The number of anilines is 1. The first-order chi connectivity index (χ1) is 14.9. The number of hydrogen-bond donors (Lipinski definition) is 2. The highest BCUT2D eigenvalue weighted by molar-refractivity contribution is 6.26. The summed E-state index contributed by atoms with van der Waals surface area (Å²) < 4.78 is 56.2. The third kappa shape index (κ3) is 6.83. The molecule has 2 rings (SSSR count). The fourth-order valence-corrected chi connectivity index (χ4v) is 2.88. The van der Waals surface area contributed by atoms with Crippen molar-refractivity contribution in [2.75, 3.05) is 5.32 Å². The molecule has 2 aromatic carbocycles. The van der Waals surface area contributed by atoms with Crippen molar-refractivity contribution < 1.29 is 27.1 Å². The van der Waals surface area contributed by atoms with Gasteiger partial charge in [-0.1, -0.05) is 26.0 Å². The van der Waals surface area contributed by atoms with E-state index in [2.05, 4.69) is 15.0 Å². The lowest BCUT2D eigenvalue weighted by Gasteiger charge is -2.17. The molecule has 0 atom stereocenters. The zero-order chi connectivity index (χ0) is 24.1. The van der Waals surface area contributed by atoms with Crippen LogP contribution in [0.15, 0.2) is 64.8 Å². The minimum absolute atomic E-state index is 0.0267. The number of nitrogens with zero attached hydrogens (tertiary/aromatic N) is 1. The average Bonchev–Trinajstić information content (AvgIpc) is 2.67. The van der Waals surface area contributed by atoms with Gasteiger partial charge in [-0.05, 0) is 49.2 Å². The van der Waals surface area contributed by atoms with Crippen LogP contribution in [0.25, 0.3) is 0 Å². The summed E-state index contributed by atoms with van der Waals surface area (Å²) in [6.07, 6.45) is 0. The fourth-order valence-electron chi connectivity index (χ4n) is 2.88. The summed E-state index contributed by atoms with van der Waals surface area (Å²) in [5, 5.41) is 2.59. The molecule has 172 valence electrons. The quantitative estimate of drug-likeness (QED) is 0.294. The Balaban J connectivity index is 2.36. The maximum absolute atomic E-state index is 13.6. The molecular weight excluding hydrogens is 426 g/mol. The molecule has 0 heterocycles. The zero-order valence-corrected chi connectivity index (χ0v) is 18.1. The van der Waals surface area contributed by atoms with Crippen molar-refractivity contribution >= 4 is 23.0 Å². The normalized spacial score (nSPS) is 13.2. The van der Waals surface area contributed by atoms with E-state index in [1.54, 1.807) is 0 Å². The van der Waals surface area contributed by atoms with Gasteiger partial charge in [-0.2, -0.15) is 8.78 Å². The number of alkyl halides is 4. The van der Waals surface area contributed by atoms with Crippen LogP contribution >= 0.6 is 0 Å². The second-order valence-corrected chi connectivity index (χ2v) is 7.51. The summed E-state index contributed by atoms with van der Waals surface area (Å²) in [6, 6.07) is 11.0. The van der Waals surface area contributed by atoms with Crippen molar-refractivity contribution in [2.24, 2.45) is 16.6 Å². The number of hydrogen-bond acceptors (Lipinski definition) is 4. The van der Waals surface area contributed by atoms with Crippen LogP contribution < -0.4 is 15.8 Å². The second kappa shape index (κ2) is 10.3. The van der Waals surface area contributed by atoms with Crippen LogP contribution in [0.4, 0.5) is 28.9 Å². The monoisotopic (exact) mass is 451 g/mol. The van der Waals surface area contributed by atoms with Crippen LogP contribution in [0.3, 0.4) is 0 Å². The van der Waals surface area contributed by atoms with Crippen molar-refractivity contribution in [3.63, 3.8) is 0 Å². The van der Waals surface area contributed by atoms with Crippen molar-refractivity contribution in [3.8, 4) is 5.75 Å². The number of allylic oxidation sites excluding steroid dienone is 1. The number of nitrogens with two attached hydrogens (primary N) is 1. The van der Waals surface area contributed by atoms with Gasteiger partial charge in [0, 0.05) is 23.9 Å². The van der Waals surface area contributed by atoms with E-state index < -0.39 is 18.4 Å². The molecule has 0 spiro atoms. The zero-order valence-electron chi connectivity index (χ0n) is 18.1. The van der Waals surface area contributed by atoms with Gasteiger partial charge in [-0.15, -0.1) is 0 Å². The molecule has 2 aromatic rings. The van der Waals surface area contributed by atoms with Gasteiger partial charge in [0.1, 0.15) is 5.75 Å². The highest BCUT2D eigenvalue weighted by Gasteiger charge is 2.25. The summed E-state index contributed by atoms with van der Waals surface area (Å²) in [4.78, 5) is 17.5. The summed E-state index contributed by atoms with van der Waals surface area (Å²) >= 11 is 0. The number of rotatable bonds is 8. The molecule has 3 N–H and O–H groups in total. The van der Waals surface area contributed by atoms with Gasteiger partial charge in [0.2, 0.25) is 0 Å². The number of nitrogens with one attached hydrogen (secondary N) is 1. The number of ether oxygens (including phenoxy) is 1. The summed E-state index contributed by atoms with van der Waals surface area (Å²) in [6.45, 7) is 2.97. The van der Waals surface area contributed by atoms with Crippen LogP contribution in [-0.2, 0) is 10.7 Å². The van der Waals surface area contributed by atoms with E-state index in [0.29, 0.717) is 11.4 Å². The predicted molar refractivity (Wildman–Crippen MR) is 117 cm³/mol. The van der Waals surface area contributed by atoms with E-state index in [4.69, 9.17) is 5.73 Å². The van der Waals surface area contributed by atoms with Crippen LogP contribution in [0, 0.1) is 5.92 Å². The SMILES string of the molecule is C/C(N)=C(\C(=O)Nc1cccc(C(C)(F)F)c1)C(=Nc1ccc(OC(F)F)cc1)C(C)C. The fraction of sp³-hybridized carbons (Fsp3) is 0.304. The Hall–Kier alpha value is -3.36. The van der Waals surface area contributed by atoms with Crippen LogP contribution in [0.5, 0.6) is 5.75 Å². The molecule has 0 aromatic heterocycles. The second-order valence-electron chi connectivity index (χ2n) is 7.51. The van der Waals surface area contributed by atoms with Gasteiger partial charge in [-0.25, -0.2) is 8.78 Å². The summed E-state index contributed by atoms with van der Waals surface area (Å²) in [7, 11) is 0. The van der Waals surface area contributed by atoms with E-state index >= 15 is 0 Å². The Morgan fingerprint density at radius 1 is 1.12 bits per heavy atom. The number of amides is 1. The highest BCUT2D eigenvalue weighted by Crippen LogP contribution is 2.29. The smallest absolute Gasteiger partial charge is 0.387 e. The Kier molecular flexibility index (Phi) is 8.02. The topological polar surface area (TPSA) is 76.7 Å². The first kappa shape index (κ1) is 24.9. The first-order valence-corrected chi connectivity index (χ1v) is 9.78. The van der Waals surface area contributed by atoms with Gasteiger partial charge in [0.25, 0.3) is 11.8 Å². The maximum atomic E-state index is 13.6. The lowest BCUT2D eigenvalue weighted by atomic mass is 9.97. The van der Waals surface area contributed by atoms with Gasteiger partial charge in [0.05, 0.1) is 17.0 Å². The molecular formula is C23H25F4N3O2. The molecule has 9 heteroatoms. The molecule has 0 aliphatic rings. The summed E-state index contributed by atoms with van der Waals surface area (Å²) in [5.41, 5.74) is 6.95. The Morgan fingerprint density at radius 2 is 1.75 bits per heavy atom. The molecule has 0 bridgehead atoms. The number of benzene rings is 2. The standard InChI is InChI=1S/C23H25F4N3O2/c1-13(2)20(29-16-8-10-18(11-9-16)32-22(24)25)19(14(3)28)21(31)30-17-7-5-6-15(12-17)23(4,26)27/h5-13,22H,28H2,1-4H3,(H,30,31)/b19-14+,29-20?. The van der Waals surface area contributed by atoms with Gasteiger partial charge in [0.15, 0.2) is 0 Å². The van der Waals surface area contributed by atoms with E-state index in [9.17, 15) is 22.4 Å². The lowest BCUT2D eigenvalue weighted by molar-refractivity contribution is -0.112. The van der Waals surface area contributed by atoms with E-state index in [-0.39, 0.29) is 34.2 Å². The number of carbonyl (C=O) groups is 1. The van der Waals surface area contributed by atoms with Gasteiger partial charge in [-0.3, -0.25) is 9.79 Å². The summed E-state index contributed by atoms with van der Waals surface area (Å²) in [5.74, 6) is -3.93. The minimum Gasteiger partial charge on any atom is -0.435 e. The van der Waals surface area contributed by atoms with Crippen molar-refractivity contribution in [1.82, 2.24) is 0 Å². The molecule has 0 saturated carbocycles. The highest BCUT2D eigenvalue weighted by atomic mass is 19.3. The Labute approximate surface area is 184 Å².